The van der Waals surface area contributed by atoms with Crippen molar-refractivity contribution in [2.24, 2.45) is 7.05 Å². The quantitative estimate of drug-likeness (QED) is 0.417. The van der Waals surface area contributed by atoms with Crippen molar-refractivity contribution in [2.45, 2.75) is 25.5 Å². The molecule has 148 valence electrons. The number of nitrogens with one attached hydrogen (secondary N) is 1. The van der Waals surface area contributed by atoms with E-state index in [4.69, 9.17) is 14.6 Å². The Kier molecular flexibility index (Phi) is 6.87. The number of rotatable bonds is 6. The van der Waals surface area contributed by atoms with E-state index in [-0.39, 0.29) is 12.6 Å². The molecule has 2 saturated heterocycles. The van der Waals surface area contributed by atoms with Crippen molar-refractivity contribution >= 4 is 16.4 Å². The van der Waals surface area contributed by atoms with Gasteiger partial charge in [0.1, 0.15) is 6.61 Å². The summed E-state index contributed by atoms with van der Waals surface area (Å²) >= 11 is 0. The molecule has 1 aromatic rings. The van der Waals surface area contributed by atoms with Crippen LogP contribution in [0.4, 0.5) is 4.79 Å². The summed E-state index contributed by atoms with van der Waals surface area (Å²) < 4.78 is 35.3. The smallest absolute Gasteiger partial charge is 0.336 e. The van der Waals surface area contributed by atoms with Crippen molar-refractivity contribution < 1.29 is 32.1 Å². The molecule has 3 N–H and O–H groups in total. The summed E-state index contributed by atoms with van der Waals surface area (Å²) in [5.41, 5.74) is 3.26. The van der Waals surface area contributed by atoms with E-state index in [1.807, 2.05) is 11.6 Å². The van der Waals surface area contributed by atoms with Crippen molar-refractivity contribution in [3.8, 4) is 0 Å². The van der Waals surface area contributed by atoms with Gasteiger partial charge in [-0.2, -0.15) is 13.5 Å². The fourth-order valence-electron chi connectivity index (χ4n) is 2.53. The number of hydrogen-bond donors (Lipinski definition) is 3. The first-order valence-corrected chi connectivity index (χ1v) is 9.07. The van der Waals surface area contributed by atoms with Gasteiger partial charge in [-0.1, -0.05) is 0 Å². The molecular weight excluding hydrogens is 372 g/mol. The largest absolute Gasteiger partial charge is 0.418 e. The number of carbonyl (C=O) groups is 1. The molecule has 2 fully saturated rings. The summed E-state index contributed by atoms with van der Waals surface area (Å²) in [6, 6.07) is -0.761. The van der Waals surface area contributed by atoms with Gasteiger partial charge in [0.25, 0.3) is 0 Å². The molecule has 2 bridgehead atoms. The van der Waals surface area contributed by atoms with Crippen molar-refractivity contribution in [3.63, 3.8) is 0 Å². The van der Waals surface area contributed by atoms with Crippen LogP contribution in [0.5, 0.6) is 0 Å². The molecule has 1 aromatic heterocycles. The van der Waals surface area contributed by atoms with Crippen LogP contribution in [0.2, 0.25) is 0 Å². The molecule has 13 nitrogen and oxygen atoms in total. The van der Waals surface area contributed by atoms with Gasteiger partial charge < -0.3 is 9.47 Å². The first-order valence-electron chi connectivity index (χ1n) is 7.71. The molecule has 3 rings (SSSR count). The molecule has 1 atom stereocenters. The second kappa shape index (κ2) is 8.72. The maximum Gasteiger partial charge on any atom is 0.418 e. The highest BCUT2D eigenvalue weighted by molar-refractivity contribution is 7.80. The molecule has 14 heteroatoms. The van der Waals surface area contributed by atoms with Gasteiger partial charge in [0.15, 0.2) is 0 Å². The van der Waals surface area contributed by atoms with Gasteiger partial charge in [0.05, 0.1) is 24.3 Å². The van der Waals surface area contributed by atoms with E-state index in [1.165, 1.54) is 4.90 Å². The molecule has 0 spiro atoms. The number of hydroxylamine groups is 2. The van der Waals surface area contributed by atoms with Crippen molar-refractivity contribution in [2.75, 3.05) is 20.1 Å². The minimum absolute atomic E-state index is 0.266. The van der Waals surface area contributed by atoms with Crippen LogP contribution in [0.25, 0.3) is 0 Å². The Hall–Kier alpha value is -1.81. The minimum atomic E-state index is -4.60. The average molecular weight is 394 g/mol. The van der Waals surface area contributed by atoms with Gasteiger partial charge >= 0.3 is 16.4 Å². The number of imidazole rings is 1. The summed E-state index contributed by atoms with van der Waals surface area (Å²) in [6.45, 7) is 1.35. The highest BCUT2D eigenvalue weighted by Crippen LogP contribution is 2.26. The summed E-state index contributed by atoms with van der Waals surface area (Å²) in [4.78, 5) is 21.6. The van der Waals surface area contributed by atoms with Crippen LogP contribution < -0.4 is 5.43 Å². The van der Waals surface area contributed by atoms with Gasteiger partial charge in [-0.15, -0.1) is 4.28 Å². The highest BCUT2D eigenvalue weighted by atomic mass is 32.3. The Morgan fingerprint density at radius 1 is 1.50 bits per heavy atom. The lowest BCUT2D eigenvalue weighted by molar-refractivity contribution is -0.375. The van der Waals surface area contributed by atoms with Crippen molar-refractivity contribution in [3.05, 3.63) is 18.2 Å². The van der Waals surface area contributed by atoms with Crippen LogP contribution in [-0.2, 0) is 33.2 Å². The summed E-state index contributed by atoms with van der Waals surface area (Å²) in [5.74, 6) is 0. The molecule has 2 aliphatic rings. The Labute approximate surface area is 150 Å². The van der Waals surface area contributed by atoms with Crippen LogP contribution in [0.15, 0.2) is 12.5 Å². The summed E-state index contributed by atoms with van der Waals surface area (Å²) in [6.07, 6.45) is 4.85. The van der Waals surface area contributed by atoms with Gasteiger partial charge in [-0.05, 0) is 12.8 Å². The van der Waals surface area contributed by atoms with Gasteiger partial charge in [0.2, 0.25) is 0 Å². The number of hydrogen-bond acceptors (Lipinski definition) is 9. The topological polar surface area (TPSA) is 150 Å². The lowest BCUT2D eigenvalue weighted by Crippen LogP contribution is -2.35. The molecule has 2 aliphatic heterocycles. The molecule has 1 unspecified atom stereocenters. The first-order chi connectivity index (χ1) is 12.2. The number of carbonyl (C=O) groups excluding carboxylic acids is 1. The van der Waals surface area contributed by atoms with E-state index < -0.39 is 16.4 Å². The van der Waals surface area contributed by atoms with E-state index in [0.717, 1.165) is 17.2 Å². The van der Waals surface area contributed by atoms with Gasteiger partial charge in [0, 0.05) is 32.5 Å². The monoisotopic (exact) mass is 394 g/mol. The fourth-order valence-corrected chi connectivity index (χ4v) is 2.91. The molecule has 0 saturated carbocycles. The average Bonchev–Trinajstić information content (AvgIpc) is 3.09. The Morgan fingerprint density at radius 2 is 2.23 bits per heavy atom. The Morgan fingerprint density at radius 3 is 2.77 bits per heavy atom. The predicted molar refractivity (Wildman–Crippen MR) is 85.1 cm³/mol. The zero-order chi connectivity index (χ0) is 19.3. The normalized spacial score (nSPS) is 19.7. The fraction of sp³-hybridized carbons (Fsp3) is 0.667. The number of piperidine rings is 1. The zero-order valence-electron chi connectivity index (χ0n) is 14.3. The van der Waals surface area contributed by atoms with Gasteiger partial charge in [-0.3, -0.25) is 14.6 Å². The molecular formula is C12H22N6O7S. The maximum atomic E-state index is 11.4. The lowest BCUT2D eigenvalue weighted by Gasteiger charge is -2.20. The van der Waals surface area contributed by atoms with Crippen molar-refractivity contribution in [1.82, 2.24) is 30.3 Å². The standard InChI is InChI=1S/C6H12N4O2.C6H10N2O5S/c1-7-10(11)12-4-6-3-8-5-9(6)2;9-6-7-3-1-2-5(4-7)8(6)13-14(10,11)12/h3,5,7,11H,4H2,1-2H3;5H,1-4H2,(H,10,11,12). The maximum absolute atomic E-state index is 11.4. The van der Waals surface area contributed by atoms with E-state index >= 15 is 0 Å². The van der Waals surface area contributed by atoms with Crippen LogP contribution in [0.3, 0.4) is 0 Å². The number of urea groups is 1. The first kappa shape index (κ1) is 20.5. The molecule has 3 heterocycles. The third-order valence-corrected chi connectivity index (χ3v) is 4.15. The van der Waals surface area contributed by atoms with Crippen LogP contribution in [-0.4, -0.2) is 75.2 Å². The minimum Gasteiger partial charge on any atom is -0.336 e. The molecule has 2 amide bonds. The molecule has 26 heavy (non-hydrogen) atoms. The number of aromatic nitrogens is 2. The number of hydrazine groups is 1. The van der Waals surface area contributed by atoms with E-state index in [2.05, 4.69) is 14.7 Å². The second-order valence-electron chi connectivity index (χ2n) is 5.62. The Bertz CT molecular complexity index is 711. The Balaban J connectivity index is 0.000000190. The highest BCUT2D eigenvalue weighted by Gasteiger charge is 2.42. The van der Waals surface area contributed by atoms with Crippen LogP contribution in [0.1, 0.15) is 18.5 Å². The number of nitrogens with zero attached hydrogens (tertiary/aromatic N) is 5. The molecule has 0 aliphatic carbocycles. The van der Waals surface area contributed by atoms with Crippen LogP contribution in [0, 0.1) is 0 Å². The SMILES string of the molecule is CNN(O)OCc1cncn1C.O=C1N2CCCC(C2)N1OS(=O)(=O)O. The number of fused-ring (bicyclic) bond motifs is 2. The lowest BCUT2D eigenvalue weighted by atomic mass is 10.1. The third kappa shape index (κ3) is 5.60. The second-order valence-corrected chi connectivity index (χ2v) is 6.62. The van der Waals surface area contributed by atoms with E-state index in [0.29, 0.717) is 24.8 Å². The number of amides is 2. The van der Waals surface area contributed by atoms with E-state index in [9.17, 15) is 13.2 Å². The third-order valence-electron chi connectivity index (χ3n) is 3.80. The van der Waals surface area contributed by atoms with E-state index in [1.54, 1.807) is 19.6 Å². The van der Waals surface area contributed by atoms with Crippen molar-refractivity contribution in [1.29, 1.82) is 0 Å². The summed E-state index contributed by atoms with van der Waals surface area (Å²) in [7, 11) is -1.20. The van der Waals surface area contributed by atoms with Crippen LogP contribution >= 0.6 is 0 Å². The number of aryl methyl sites for hydroxylation is 1. The summed E-state index contributed by atoms with van der Waals surface area (Å²) in [5, 5.41) is 10.1. The zero-order valence-corrected chi connectivity index (χ0v) is 15.2. The molecule has 0 radical (unpaired) electrons. The predicted octanol–water partition coefficient (Wildman–Crippen LogP) is -0.702. The van der Waals surface area contributed by atoms with Gasteiger partial charge in [-0.25, -0.2) is 15.2 Å². The molecule has 0 aromatic carbocycles.